The van der Waals surface area contributed by atoms with E-state index in [4.69, 9.17) is 0 Å². The van der Waals surface area contributed by atoms with Crippen molar-refractivity contribution in [2.24, 2.45) is 0 Å². The van der Waals surface area contributed by atoms with Gasteiger partial charge in [-0.2, -0.15) is 5.10 Å². The first-order chi connectivity index (χ1) is 12.3. The number of carbonyl (C=O) groups excluding carboxylic acids is 1. The van der Waals surface area contributed by atoms with Gasteiger partial charge in [0.2, 0.25) is 0 Å². The van der Waals surface area contributed by atoms with Crippen molar-refractivity contribution in [1.82, 2.24) is 15.2 Å². The maximum Gasteiger partial charge on any atom is 0.275 e. The zero-order valence-corrected chi connectivity index (χ0v) is 14.0. The summed E-state index contributed by atoms with van der Waals surface area (Å²) in [6.07, 6.45) is 1.70. The minimum absolute atomic E-state index is 0.222. The number of nitrogens with zero attached hydrogens (tertiary/aromatic N) is 2. The van der Waals surface area contributed by atoms with Crippen LogP contribution >= 0.6 is 11.3 Å². The fraction of sp³-hybridized carbons (Fsp3) is 0. The van der Waals surface area contributed by atoms with E-state index >= 15 is 0 Å². The second-order valence-electron chi connectivity index (χ2n) is 5.41. The normalized spacial score (nSPS) is 10.6. The Balaban J connectivity index is 1.53. The van der Waals surface area contributed by atoms with E-state index in [-0.39, 0.29) is 5.91 Å². The van der Waals surface area contributed by atoms with Crippen LogP contribution in [-0.4, -0.2) is 21.1 Å². The molecular formula is C19H14N4OS. The molecule has 0 saturated heterocycles. The van der Waals surface area contributed by atoms with E-state index in [1.165, 1.54) is 11.3 Å². The summed E-state index contributed by atoms with van der Waals surface area (Å²) < 4.78 is 0. The first kappa shape index (κ1) is 15.3. The van der Waals surface area contributed by atoms with Gasteiger partial charge in [0, 0.05) is 28.4 Å². The van der Waals surface area contributed by atoms with Crippen molar-refractivity contribution >= 4 is 22.9 Å². The van der Waals surface area contributed by atoms with Gasteiger partial charge < -0.3 is 5.32 Å². The zero-order valence-electron chi connectivity index (χ0n) is 13.1. The summed E-state index contributed by atoms with van der Waals surface area (Å²) in [5.74, 6) is -0.222. The van der Waals surface area contributed by atoms with Crippen LogP contribution in [0, 0.1) is 0 Å². The molecule has 2 N–H and O–H groups in total. The molecule has 25 heavy (non-hydrogen) atoms. The average molecular weight is 346 g/mol. The molecule has 0 saturated carbocycles. The van der Waals surface area contributed by atoms with Crippen LogP contribution in [0.4, 0.5) is 5.69 Å². The molecule has 122 valence electrons. The summed E-state index contributed by atoms with van der Waals surface area (Å²) in [5, 5.41) is 12.4. The molecule has 4 aromatic rings. The average Bonchev–Trinajstić information content (AvgIpc) is 3.35. The van der Waals surface area contributed by atoms with Crippen molar-refractivity contribution < 1.29 is 4.79 Å². The van der Waals surface area contributed by atoms with E-state index in [0.29, 0.717) is 11.4 Å². The van der Waals surface area contributed by atoms with Gasteiger partial charge >= 0.3 is 0 Å². The largest absolute Gasteiger partial charge is 0.321 e. The Bertz CT molecular complexity index is 993. The number of nitrogens with one attached hydrogen (secondary N) is 2. The van der Waals surface area contributed by atoms with Gasteiger partial charge in [-0.25, -0.2) is 4.98 Å². The van der Waals surface area contributed by atoms with Gasteiger partial charge in [0.05, 0.1) is 5.69 Å². The number of anilines is 1. The van der Waals surface area contributed by atoms with E-state index in [1.54, 1.807) is 11.6 Å². The van der Waals surface area contributed by atoms with Crippen molar-refractivity contribution in [2.75, 3.05) is 5.32 Å². The smallest absolute Gasteiger partial charge is 0.275 e. The lowest BCUT2D eigenvalue weighted by Crippen LogP contribution is -2.12. The minimum Gasteiger partial charge on any atom is -0.321 e. The molecule has 0 fully saturated rings. The summed E-state index contributed by atoms with van der Waals surface area (Å²) in [6, 6.07) is 19.3. The monoisotopic (exact) mass is 346 g/mol. The van der Waals surface area contributed by atoms with Gasteiger partial charge in [0.25, 0.3) is 5.91 Å². The van der Waals surface area contributed by atoms with Crippen molar-refractivity contribution in [3.05, 3.63) is 77.9 Å². The number of amides is 1. The molecule has 2 aromatic carbocycles. The number of H-pyrrole nitrogens is 1. The highest BCUT2D eigenvalue weighted by Gasteiger charge is 2.12. The molecule has 2 aromatic heterocycles. The first-order valence-electron chi connectivity index (χ1n) is 7.72. The standard InChI is InChI=1S/C19H14N4OS/c24-18(17-12-25-19(22-17)13-5-2-1-3-6-13)21-15-8-4-7-14(11-15)16-9-10-20-23-16/h1-12H,(H,20,23)(H,21,24). The molecular weight excluding hydrogens is 332 g/mol. The van der Waals surface area contributed by atoms with Crippen LogP contribution < -0.4 is 5.32 Å². The van der Waals surface area contributed by atoms with Crippen LogP contribution in [0.15, 0.2) is 72.2 Å². The Hall–Kier alpha value is -3.25. The molecule has 0 aliphatic heterocycles. The minimum atomic E-state index is -0.222. The highest BCUT2D eigenvalue weighted by Crippen LogP contribution is 2.24. The predicted octanol–water partition coefficient (Wildman–Crippen LogP) is 4.45. The van der Waals surface area contributed by atoms with Crippen molar-refractivity contribution in [3.63, 3.8) is 0 Å². The van der Waals surface area contributed by atoms with E-state index in [0.717, 1.165) is 21.8 Å². The zero-order chi connectivity index (χ0) is 17.1. The molecule has 0 bridgehead atoms. The lowest BCUT2D eigenvalue weighted by molar-refractivity contribution is 0.102. The van der Waals surface area contributed by atoms with Gasteiger partial charge in [0.15, 0.2) is 0 Å². The quantitative estimate of drug-likeness (QED) is 0.573. The van der Waals surface area contributed by atoms with E-state index < -0.39 is 0 Å². The Morgan fingerprint density at radius 2 is 1.84 bits per heavy atom. The van der Waals surface area contributed by atoms with Gasteiger partial charge in [-0.15, -0.1) is 11.3 Å². The van der Waals surface area contributed by atoms with Crippen LogP contribution in [0.3, 0.4) is 0 Å². The van der Waals surface area contributed by atoms with Gasteiger partial charge in [-0.3, -0.25) is 9.89 Å². The second-order valence-corrected chi connectivity index (χ2v) is 6.27. The SMILES string of the molecule is O=C(Nc1cccc(-c2ccn[nH]2)c1)c1csc(-c2ccccc2)n1. The summed E-state index contributed by atoms with van der Waals surface area (Å²) >= 11 is 1.46. The molecule has 0 atom stereocenters. The molecule has 0 spiro atoms. The molecule has 6 heteroatoms. The third-order valence-corrected chi connectivity index (χ3v) is 4.58. The van der Waals surface area contributed by atoms with E-state index in [2.05, 4.69) is 20.5 Å². The Morgan fingerprint density at radius 3 is 2.64 bits per heavy atom. The number of hydrogen-bond acceptors (Lipinski definition) is 4. The number of carbonyl (C=O) groups is 1. The number of hydrogen-bond donors (Lipinski definition) is 2. The maximum atomic E-state index is 12.5. The fourth-order valence-corrected chi connectivity index (χ4v) is 3.27. The van der Waals surface area contributed by atoms with Gasteiger partial charge in [-0.05, 0) is 18.2 Å². The summed E-state index contributed by atoms with van der Waals surface area (Å²) in [6.45, 7) is 0. The van der Waals surface area contributed by atoms with Crippen LogP contribution in [0.2, 0.25) is 0 Å². The molecule has 0 unspecified atom stereocenters. The van der Waals surface area contributed by atoms with Crippen LogP contribution in [-0.2, 0) is 0 Å². The van der Waals surface area contributed by atoms with E-state index in [1.807, 2.05) is 60.7 Å². The third-order valence-electron chi connectivity index (χ3n) is 3.69. The Morgan fingerprint density at radius 1 is 1.00 bits per heavy atom. The van der Waals surface area contributed by atoms with Gasteiger partial charge in [-0.1, -0.05) is 42.5 Å². The third kappa shape index (κ3) is 3.34. The predicted molar refractivity (Wildman–Crippen MR) is 99.5 cm³/mol. The highest BCUT2D eigenvalue weighted by molar-refractivity contribution is 7.13. The molecule has 0 radical (unpaired) electrons. The lowest BCUT2D eigenvalue weighted by Gasteiger charge is -2.05. The number of aromatic nitrogens is 3. The molecule has 5 nitrogen and oxygen atoms in total. The first-order valence-corrected chi connectivity index (χ1v) is 8.60. The molecule has 0 aliphatic rings. The summed E-state index contributed by atoms with van der Waals surface area (Å²) in [5.41, 5.74) is 3.99. The molecule has 1 amide bonds. The van der Waals surface area contributed by atoms with Crippen molar-refractivity contribution in [2.45, 2.75) is 0 Å². The summed E-state index contributed by atoms with van der Waals surface area (Å²) in [7, 11) is 0. The number of rotatable bonds is 4. The Labute approximate surface area is 148 Å². The van der Waals surface area contributed by atoms with Crippen molar-refractivity contribution in [3.8, 4) is 21.8 Å². The number of benzene rings is 2. The topological polar surface area (TPSA) is 70.7 Å². The number of aromatic amines is 1. The second kappa shape index (κ2) is 6.70. The Kier molecular flexibility index (Phi) is 4.10. The van der Waals surface area contributed by atoms with Crippen LogP contribution in [0.25, 0.3) is 21.8 Å². The molecule has 0 aliphatic carbocycles. The van der Waals surface area contributed by atoms with E-state index in [9.17, 15) is 4.79 Å². The highest BCUT2D eigenvalue weighted by atomic mass is 32.1. The fourth-order valence-electron chi connectivity index (χ4n) is 2.47. The van der Waals surface area contributed by atoms with Crippen LogP contribution in [0.5, 0.6) is 0 Å². The maximum absolute atomic E-state index is 12.5. The molecule has 4 rings (SSSR count). The number of thiazole rings is 1. The van der Waals surface area contributed by atoms with Crippen molar-refractivity contribution in [1.29, 1.82) is 0 Å². The summed E-state index contributed by atoms with van der Waals surface area (Å²) in [4.78, 5) is 16.9. The molecule has 2 heterocycles. The lowest BCUT2D eigenvalue weighted by atomic mass is 10.1. The van der Waals surface area contributed by atoms with Gasteiger partial charge in [0.1, 0.15) is 10.7 Å². The van der Waals surface area contributed by atoms with Crippen LogP contribution in [0.1, 0.15) is 10.5 Å².